The van der Waals surface area contributed by atoms with Crippen molar-refractivity contribution < 1.29 is 14.3 Å². The van der Waals surface area contributed by atoms with E-state index in [-0.39, 0.29) is 12.2 Å². The second-order valence-electron chi connectivity index (χ2n) is 4.59. The second-order valence-corrected chi connectivity index (χ2v) is 5.83. The Balaban J connectivity index is 2.15. The van der Waals surface area contributed by atoms with Gasteiger partial charge in [-0.05, 0) is 33.6 Å². The number of hydrogen-bond acceptors (Lipinski definition) is 4. The molecule has 0 aliphatic rings. The molecule has 0 fully saturated rings. The normalized spacial score (nSPS) is 11.0. The average molecular weight is 385 g/mol. The highest BCUT2D eigenvalue weighted by Gasteiger charge is 2.14. The molecule has 0 radical (unpaired) electrons. The Morgan fingerprint density at radius 1 is 1.27 bits per heavy atom. The lowest BCUT2D eigenvalue weighted by Crippen LogP contribution is -2.09. The topological polar surface area (TPSA) is 48.4 Å². The smallest absolute Gasteiger partial charge is 0.185 e. The summed E-state index contributed by atoms with van der Waals surface area (Å²) in [4.78, 5) is 16.5. The Hall–Kier alpha value is -1.27. The number of halogens is 2. The van der Waals surface area contributed by atoms with Crippen LogP contribution in [0.1, 0.15) is 27.9 Å². The number of pyridine rings is 1. The Morgan fingerprint density at radius 2 is 2.00 bits per heavy atom. The maximum absolute atomic E-state index is 12.3. The molecule has 0 N–H and O–H groups in total. The Morgan fingerprint density at radius 3 is 2.59 bits per heavy atom. The first-order valence-electron chi connectivity index (χ1n) is 6.54. The molecule has 116 valence electrons. The molecule has 0 unspecified atom stereocenters. The lowest BCUT2D eigenvalue weighted by molar-refractivity contribution is -0.106. The zero-order chi connectivity index (χ0) is 16.1. The fourth-order valence-corrected chi connectivity index (χ4v) is 2.63. The van der Waals surface area contributed by atoms with Crippen molar-refractivity contribution in [2.24, 2.45) is 0 Å². The molecule has 2 aromatic rings. The molecular formula is C16H15BrClNO3. The number of ether oxygens (including phenoxy) is 2. The van der Waals surface area contributed by atoms with Crippen molar-refractivity contribution in [2.45, 2.75) is 12.7 Å². The number of rotatable bonds is 6. The van der Waals surface area contributed by atoms with Gasteiger partial charge >= 0.3 is 0 Å². The monoisotopic (exact) mass is 383 g/mol. The summed E-state index contributed by atoms with van der Waals surface area (Å²) in [6, 6.07) is 8.93. The molecule has 0 aliphatic heterocycles. The van der Waals surface area contributed by atoms with Crippen LogP contribution in [0.15, 0.2) is 41.0 Å². The predicted molar refractivity (Wildman–Crippen MR) is 88.2 cm³/mol. The van der Waals surface area contributed by atoms with Crippen LogP contribution in [0.3, 0.4) is 0 Å². The molecule has 0 spiro atoms. The first kappa shape index (κ1) is 17.1. The predicted octanol–water partition coefficient (Wildman–Crippen LogP) is 4.21. The average Bonchev–Trinajstić information content (AvgIpc) is 2.53. The van der Waals surface area contributed by atoms with E-state index in [9.17, 15) is 4.79 Å². The number of methoxy groups -OCH3 is 2. The first-order valence-corrected chi connectivity index (χ1v) is 7.71. The van der Waals surface area contributed by atoms with Gasteiger partial charge in [-0.2, -0.15) is 0 Å². The SMILES string of the molecule is COC(OC)c1ccc(C(=O)Cc2cccc(Br)c2Cl)nc1. The van der Waals surface area contributed by atoms with Crippen LogP contribution in [0.25, 0.3) is 0 Å². The molecule has 1 heterocycles. The largest absolute Gasteiger partial charge is 0.352 e. The maximum Gasteiger partial charge on any atom is 0.185 e. The zero-order valence-electron chi connectivity index (χ0n) is 12.2. The first-order chi connectivity index (χ1) is 10.6. The van der Waals surface area contributed by atoms with Crippen LogP contribution in [-0.4, -0.2) is 25.0 Å². The van der Waals surface area contributed by atoms with E-state index in [1.165, 1.54) is 0 Å². The van der Waals surface area contributed by atoms with Crippen LogP contribution < -0.4 is 0 Å². The Labute approximate surface area is 142 Å². The minimum atomic E-state index is -0.490. The number of carbonyl (C=O) groups is 1. The summed E-state index contributed by atoms with van der Waals surface area (Å²) >= 11 is 9.52. The highest BCUT2D eigenvalue weighted by molar-refractivity contribution is 9.10. The summed E-state index contributed by atoms with van der Waals surface area (Å²) in [5, 5.41) is 0.548. The van der Waals surface area contributed by atoms with Gasteiger partial charge in [0.05, 0.1) is 5.02 Å². The molecule has 0 amide bonds. The Bertz CT molecular complexity index is 657. The van der Waals surface area contributed by atoms with Crippen molar-refractivity contribution >= 4 is 33.3 Å². The van der Waals surface area contributed by atoms with Gasteiger partial charge in [0, 0.05) is 36.9 Å². The minimum absolute atomic E-state index is 0.0991. The molecule has 0 bridgehead atoms. The minimum Gasteiger partial charge on any atom is -0.352 e. The fraction of sp³-hybridized carbons (Fsp3) is 0.250. The molecule has 6 heteroatoms. The van der Waals surface area contributed by atoms with E-state index in [0.29, 0.717) is 10.7 Å². The van der Waals surface area contributed by atoms with Gasteiger partial charge < -0.3 is 9.47 Å². The van der Waals surface area contributed by atoms with Crippen LogP contribution in [0.2, 0.25) is 5.02 Å². The number of hydrogen-bond donors (Lipinski definition) is 0. The van der Waals surface area contributed by atoms with Gasteiger partial charge in [0.25, 0.3) is 0 Å². The number of Topliss-reactive ketones (excluding diaryl/α,β-unsaturated/α-hetero) is 1. The van der Waals surface area contributed by atoms with Crippen molar-refractivity contribution in [1.29, 1.82) is 0 Å². The van der Waals surface area contributed by atoms with Gasteiger partial charge in [0.2, 0.25) is 0 Å². The van der Waals surface area contributed by atoms with Gasteiger partial charge in [-0.3, -0.25) is 9.78 Å². The van der Waals surface area contributed by atoms with E-state index in [1.54, 1.807) is 32.5 Å². The van der Waals surface area contributed by atoms with Crippen molar-refractivity contribution in [3.05, 3.63) is 62.8 Å². The summed E-state index contributed by atoms with van der Waals surface area (Å²) in [5.41, 5.74) is 1.89. The number of benzene rings is 1. The van der Waals surface area contributed by atoms with E-state index >= 15 is 0 Å². The molecular weight excluding hydrogens is 370 g/mol. The fourth-order valence-electron chi connectivity index (χ4n) is 2.03. The third kappa shape index (κ3) is 3.93. The lowest BCUT2D eigenvalue weighted by atomic mass is 10.1. The third-order valence-electron chi connectivity index (χ3n) is 3.15. The number of carbonyl (C=O) groups excluding carboxylic acids is 1. The zero-order valence-corrected chi connectivity index (χ0v) is 14.5. The van der Waals surface area contributed by atoms with Crippen LogP contribution in [0.4, 0.5) is 0 Å². The molecule has 0 saturated carbocycles. The quantitative estimate of drug-likeness (QED) is 0.553. The summed E-state index contributed by atoms with van der Waals surface area (Å²) < 4.78 is 11.1. The molecule has 1 aromatic carbocycles. The highest BCUT2D eigenvalue weighted by Crippen LogP contribution is 2.27. The molecule has 4 nitrogen and oxygen atoms in total. The van der Waals surface area contributed by atoms with E-state index < -0.39 is 6.29 Å². The molecule has 0 aliphatic carbocycles. The number of nitrogens with zero attached hydrogens (tertiary/aromatic N) is 1. The van der Waals surface area contributed by atoms with Gasteiger partial charge in [0.15, 0.2) is 12.1 Å². The van der Waals surface area contributed by atoms with Crippen LogP contribution in [0.5, 0.6) is 0 Å². The van der Waals surface area contributed by atoms with Gasteiger partial charge in [-0.25, -0.2) is 0 Å². The van der Waals surface area contributed by atoms with Crippen LogP contribution in [0, 0.1) is 0 Å². The van der Waals surface area contributed by atoms with Crippen molar-refractivity contribution in [2.75, 3.05) is 14.2 Å². The van der Waals surface area contributed by atoms with Crippen LogP contribution in [-0.2, 0) is 15.9 Å². The standard InChI is InChI=1S/C16H15BrClNO3/c1-21-16(22-2)11-6-7-13(19-9-11)14(20)8-10-4-3-5-12(17)15(10)18/h3-7,9,16H,8H2,1-2H3. The van der Waals surface area contributed by atoms with E-state index in [4.69, 9.17) is 21.1 Å². The molecule has 22 heavy (non-hydrogen) atoms. The molecule has 0 atom stereocenters. The van der Waals surface area contributed by atoms with Crippen LogP contribution >= 0.6 is 27.5 Å². The van der Waals surface area contributed by atoms with E-state index in [2.05, 4.69) is 20.9 Å². The number of ketones is 1. The molecule has 1 aromatic heterocycles. The molecule has 2 rings (SSSR count). The second kappa shape index (κ2) is 7.83. The van der Waals surface area contributed by atoms with Crippen molar-refractivity contribution in [1.82, 2.24) is 4.98 Å². The summed E-state index contributed by atoms with van der Waals surface area (Å²) in [6.45, 7) is 0. The van der Waals surface area contributed by atoms with Gasteiger partial charge in [-0.1, -0.05) is 29.8 Å². The molecule has 0 saturated heterocycles. The van der Waals surface area contributed by atoms with Gasteiger partial charge in [0.1, 0.15) is 5.69 Å². The third-order valence-corrected chi connectivity index (χ3v) is 4.49. The van der Waals surface area contributed by atoms with E-state index in [1.807, 2.05) is 18.2 Å². The van der Waals surface area contributed by atoms with Crippen molar-refractivity contribution in [3.8, 4) is 0 Å². The van der Waals surface area contributed by atoms with Gasteiger partial charge in [-0.15, -0.1) is 0 Å². The summed E-state index contributed by atoms with van der Waals surface area (Å²) in [5.74, 6) is -0.0991. The lowest BCUT2D eigenvalue weighted by Gasteiger charge is -2.13. The van der Waals surface area contributed by atoms with Crippen molar-refractivity contribution in [3.63, 3.8) is 0 Å². The number of aromatic nitrogens is 1. The summed E-state index contributed by atoms with van der Waals surface area (Å²) in [6.07, 6.45) is 1.28. The highest BCUT2D eigenvalue weighted by atomic mass is 79.9. The Kier molecular flexibility index (Phi) is 6.08. The summed E-state index contributed by atoms with van der Waals surface area (Å²) in [7, 11) is 3.09. The maximum atomic E-state index is 12.3. The van der Waals surface area contributed by atoms with E-state index in [0.717, 1.165) is 15.6 Å².